The predicted molar refractivity (Wildman–Crippen MR) is 107 cm³/mol. The van der Waals surface area contributed by atoms with Crippen molar-refractivity contribution >= 4 is 6.08 Å². The van der Waals surface area contributed by atoms with Crippen molar-refractivity contribution in [3.05, 3.63) is 40.6 Å². The molecule has 2 rings (SSSR count). The Bertz CT molecular complexity index is 581. The van der Waals surface area contributed by atoms with Crippen molar-refractivity contribution in [2.24, 2.45) is 0 Å². The lowest BCUT2D eigenvalue weighted by Crippen LogP contribution is -2.52. The van der Waals surface area contributed by atoms with Crippen LogP contribution in [0.4, 0.5) is 0 Å². The van der Waals surface area contributed by atoms with Crippen LogP contribution in [-0.2, 0) is 22.3 Å². The van der Waals surface area contributed by atoms with E-state index in [-0.39, 0.29) is 6.10 Å². The van der Waals surface area contributed by atoms with Gasteiger partial charge in [0.15, 0.2) is 0 Å². The van der Waals surface area contributed by atoms with Crippen LogP contribution < -0.4 is 0 Å². The highest BCUT2D eigenvalue weighted by molar-refractivity contribution is 5.61. The van der Waals surface area contributed by atoms with Crippen molar-refractivity contribution < 1.29 is 14.6 Å². The second kappa shape index (κ2) is 9.54. The lowest BCUT2D eigenvalue weighted by atomic mass is 9.77. The summed E-state index contributed by atoms with van der Waals surface area (Å²) in [5.74, 6) is 0.446. The standard InChI is InChI=1S/C22H35NO3/c1-6-17-9-8-10-18(7-2)20(17)15-21(24)22(23(3)16-25-4)13-11-19(26-5)12-14-22/h8-10,15,19,24H,6-7,11-14,16H2,1-5H3/b21-15-/t19-,22+. The monoisotopic (exact) mass is 361 g/mol. The Kier molecular flexibility index (Phi) is 7.69. The predicted octanol–water partition coefficient (Wildman–Crippen LogP) is 4.57. The molecule has 26 heavy (non-hydrogen) atoms. The first kappa shape index (κ1) is 20.9. The van der Waals surface area contributed by atoms with Gasteiger partial charge < -0.3 is 14.6 Å². The van der Waals surface area contributed by atoms with Gasteiger partial charge in [0, 0.05) is 14.2 Å². The first-order valence-electron chi connectivity index (χ1n) is 9.77. The second-order valence-corrected chi connectivity index (χ2v) is 7.31. The number of hydrogen-bond donors (Lipinski definition) is 1. The van der Waals surface area contributed by atoms with Gasteiger partial charge in [-0.1, -0.05) is 32.0 Å². The summed E-state index contributed by atoms with van der Waals surface area (Å²) in [6.07, 6.45) is 7.82. The third-order valence-corrected chi connectivity index (χ3v) is 5.95. The highest BCUT2D eigenvalue weighted by atomic mass is 16.5. The Balaban J connectivity index is 2.44. The molecule has 0 aromatic heterocycles. The molecule has 1 fully saturated rings. The molecule has 0 saturated heterocycles. The molecule has 1 aromatic rings. The van der Waals surface area contributed by atoms with E-state index in [4.69, 9.17) is 9.47 Å². The normalized spacial score (nSPS) is 24.2. The van der Waals surface area contributed by atoms with E-state index < -0.39 is 5.54 Å². The fourth-order valence-corrected chi connectivity index (χ4v) is 4.19. The zero-order valence-corrected chi connectivity index (χ0v) is 17.0. The molecule has 0 bridgehead atoms. The lowest BCUT2D eigenvalue weighted by molar-refractivity contribution is -0.0425. The van der Waals surface area contributed by atoms with Crippen LogP contribution in [-0.4, -0.2) is 49.6 Å². The van der Waals surface area contributed by atoms with Gasteiger partial charge in [0.25, 0.3) is 0 Å². The summed E-state index contributed by atoms with van der Waals surface area (Å²) in [7, 11) is 5.51. The molecule has 0 unspecified atom stereocenters. The second-order valence-electron chi connectivity index (χ2n) is 7.31. The Morgan fingerprint density at radius 2 is 1.77 bits per heavy atom. The van der Waals surface area contributed by atoms with E-state index in [0.29, 0.717) is 12.5 Å². The van der Waals surface area contributed by atoms with E-state index in [1.54, 1.807) is 14.2 Å². The maximum absolute atomic E-state index is 11.3. The molecule has 0 aliphatic heterocycles. The highest BCUT2D eigenvalue weighted by Gasteiger charge is 2.42. The summed E-state index contributed by atoms with van der Waals surface area (Å²) in [6.45, 7) is 4.82. The molecule has 1 N–H and O–H groups in total. The van der Waals surface area contributed by atoms with Gasteiger partial charge >= 0.3 is 0 Å². The van der Waals surface area contributed by atoms with Crippen LogP contribution in [0, 0.1) is 0 Å². The number of methoxy groups -OCH3 is 2. The summed E-state index contributed by atoms with van der Waals surface area (Å²) < 4.78 is 10.9. The van der Waals surface area contributed by atoms with Gasteiger partial charge in [-0.15, -0.1) is 0 Å². The van der Waals surface area contributed by atoms with E-state index in [1.807, 2.05) is 13.1 Å². The molecule has 1 saturated carbocycles. The Morgan fingerprint density at radius 3 is 2.23 bits per heavy atom. The zero-order valence-electron chi connectivity index (χ0n) is 17.0. The molecular formula is C22H35NO3. The summed E-state index contributed by atoms with van der Waals surface area (Å²) in [4.78, 5) is 2.14. The number of hydrogen-bond acceptors (Lipinski definition) is 4. The molecule has 0 spiro atoms. The van der Waals surface area contributed by atoms with Crippen LogP contribution in [0.2, 0.25) is 0 Å². The average Bonchev–Trinajstić information content (AvgIpc) is 2.68. The van der Waals surface area contributed by atoms with Gasteiger partial charge in [0.05, 0.1) is 18.4 Å². The first-order chi connectivity index (χ1) is 12.5. The molecular weight excluding hydrogens is 326 g/mol. The van der Waals surface area contributed by atoms with E-state index in [0.717, 1.165) is 38.5 Å². The SMILES string of the molecule is CCc1cccc(CC)c1/C=C(\O)[C@]1(N(C)COC)CC[C@@H](OC)CC1. The van der Waals surface area contributed by atoms with Crippen LogP contribution in [0.25, 0.3) is 6.08 Å². The average molecular weight is 362 g/mol. The van der Waals surface area contributed by atoms with E-state index >= 15 is 0 Å². The van der Waals surface area contributed by atoms with E-state index in [9.17, 15) is 5.11 Å². The maximum atomic E-state index is 11.3. The van der Waals surface area contributed by atoms with Gasteiger partial charge in [-0.2, -0.15) is 0 Å². The number of aliphatic hydroxyl groups is 1. The van der Waals surface area contributed by atoms with Gasteiger partial charge in [-0.25, -0.2) is 0 Å². The van der Waals surface area contributed by atoms with Crippen LogP contribution in [0.3, 0.4) is 0 Å². The van der Waals surface area contributed by atoms with Crippen molar-refractivity contribution in [3.63, 3.8) is 0 Å². The molecule has 0 atom stereocenters. The molecule has 4 nitrogen and oxygen atoms in total. The molecule has 1 aliphatic rings. The van der Waals surface area contributed by atoms with Gasteiger partial charge in [0.2, 0.25) is 0 Å². The minimum Gasteiger partial charge on any atom is -0.510 e. The van der Waals surface area contributed by atoms with Crippen LogP contribution >= 0.6 is 0 Å². The molecule has 4 heteroatoms. The zero-order chi connectivity index (χ0) is 19.2. The molecule has 0 heterocycles. The quantitative estimate of drug-likeness (QED) is 0.544. The third kappa shape index (κ3) is 4.30. The van der Waals surface area contributed by atoms with Crippen LogP contribution in [0.5, 0.6) is 0 Å². The summed E-state index contributed by atoms with van der Waals surface area (Å²) in [5.41, 5.74) is 3.35. The van der Waals surface area contributed by atoms with Crippen molar-refractivity contribution in [2.45, 2.75) is 64.0 Å². The number of ether oxygens (including phenoxy) is 2. The van der Waals surface area contributed by atoms with Crippen molar-refractivity contribution in [3.8, 4) is 0 Å². The topological polar surface area (TPSA) is 41.9 Å². The minimum absolute atomic E-state index is 0.279. The van der Waals surface area contributed by atoms with Crippen molar-refractivity contribution in [1.29, 1.82) is 0 Å². The van der Waals surface area contributed by atoms with Gasteiger partial charge in [-0.05, 0) is 68.3 Å². The smallest absolute Gasteiger partial charge is 0.113 e. The number of rotatable bonds is 8. The minimum atomic E-state index is -0.392. The highest BCUT2D eigenvalue weighted by Crippen LogP contribution is 2.40. The maximum Gasteiger partial charge on any atom is 0.113 e. The third-order valence-electron chi connectivity index (χ3n) is 5.95. The fourth-order valence-electron chi connectivity index (χ4n) is 4.19. The number of benzene rings is 1. The summed E-state index contributed by atoms with van der Waals surface area (Å²) in [6, 6.07) is 6.43. The van der Waals surface area contributed by atoms with E-state index in [1.165, 1.54) is 16.7 Å². The molecule has 1 aromatic carbocycles. The van der Waals surface area contributed by atoms with Crippen LogP contribution in [0.1, 0.15) is 56.2 Å². The number of aryl methyl sites for hydroxylation is 2. The summed E-state index contributed by atoms with van der Waals surface area (Å²) >= 11 is 0. The van der Waals surface area contributed by atoms with E-state index in [2.05, 4.69) is 36.9 Å². The largest absolute Gasteiger partial charge is 0.510 e. The molecule has 146 valence electrons. The van der Waals surface area contributed by atoms with Crippen molar-refractivity contribution in [1.82, 2.24) is 4.90 Å². The number of nitrogens with zero attached hydrogens (tertiary/aromatic N) is 1. The Labute approximate surface area is 158 Å². The molecule has 0 radical (unpaired) electrons. The van der Waals surface area contributed by atoms with Crippen molar-refractivity contribution in [2.75, 3.05) is 28.0 Å². The lowest BCUT2D eigenvalue weighted by Gasteiger charge is -2.45. The number of aliphatic hydroxyl groups excluding tert-OH is 1. The van der Waals surface area contributed by atoms with Gasteiger partial charge in [-0.3, -0.25) is 4.90 Å². The first-order valence-corrected chi connectivity index (χ1v) is 9.77. The Hall–Kier alpha value is -1.36. The fraction of sp³-hybridized carbons (Fsp3) is 0.636. The summed E-state index contributed by atoms with van der Waals surface area (Å²) in [5, 5.41) is 11.3. The Morgan fingerprint density at radius 1 is 1.19 bits per heavy atom. The number of likely N-dealkylation sites (N-methyl/N-ethyl adjacent to an activating group) is 1. The molecule has 1 aliphatic carbocycles. The molecule has 0 amide bonds. The van der Waals surface area contributed by atoms with Crippen LogP contribution in [0.15, 0.2) is 24.0 Å². The van der Waals surface area contributed by atoms with Gasteiger partial charge in [0.1, 0.15) is 5.76 Å².